The predicted molar refractivity (Wildman–Crippen MR) is 68.7 cm³/mol. The van der Waals surface area contributed by atoms with E-state index >= 15 is 0 Å². The van der Waals surface area contributed by atoms with Crippen molar-refractivity contribution in [2.24, 2.45) is 11.7 Å². The lowest BCUT2D eigenvalue weighted by Crippen LogP contribution is -2.57. The molecular formula is C13H25N3O. The van der Waals surface area contributed by atoms with Crippen LogP contribution >= 0.6 is 0 Å². The fraction of sp³-hybridized carbons (Fsp3) is 0.923. The van der Waals surface area contributed by atoms with Crippen LogP contribution in [-0.2, 0) is 0 Å². The summed E-state index contributed by atoms with van der Waals surface area (Å²) in [6, 6.07) is -0.342. The summed E-state index contributed by atoms with van der Waals surface area (Å²) < 4.78 is 0. The van der Waals surface area contributed by atoms with Crippen molar-refractivity contribution >= 4 is 6.03 Å². The zero-order valence-corrected chi connectivity index (χ0v) is 10.6. The molecule has 1 heterocycles. The van der Waals surface area contributed by atoms with E-state index < -0.39 is 0 Å². The average molecular weight is 239 g/mol. The Morgan fingerprint density at radius 2 is 1.71 bits per heavy atom. The van der Waals surface area contributed by atoms with E-state index in [9.17, 15) is 4.79 Å². The van der Waals surface area contributed by atoms with Gasteiger partial charge in [0.1, 0.15) is 0 Å². The van der Waals surface area contributed by atoms with Gasteiger partial charge in [-0.15, -0.1) is 0 Å². The van der Waals surface area contributed by atoms with E-state index in [4.69, 9.17) is 5.73 Å². The van der Waals surface area contributed by atoms with E-state index in [1.807, 2.05) is 0 Å². The molecular weight excluding hydrogens is 214 g/mol. The molecule has 1 aliphatic heterocycles. The number of amides is 2. The van der Waals surface area contributed by atoms with Gasteiger partial charge in [-0.05, 0) is 44.7 Å². The van der Waals surface area contributed by atoms with E-state index in [1.54, 1.807) is 0 Å². The highest BCUT2D eigenvalue weighted by Crippen LogP contribution is 2.37. The van der Waals surface area contributed by atoms with Crippen LogP contribution in [0.5, 0.6) is 0 Å². The van der Waals surface area contributed by atoms with Gasteiger partial charge in [0.2, 0.25) is 0 Å². The minimum atomic E-state index is -0.342. The Morgan fingerprint density at radius 3 is 2.24 bits per heavy atom. The minimum absolute atomic E-state index is 0.00949. The lowest BCUT2D eigenvalue weighted by atomic mass is 9.73. The molecule has 1 aliphatic carbocycles. The van der Waals surface area contributed by atoms with Gasteiger partial charge in [-0.1, -0.05) is 25.7 Å². The monoisotopic (exact) mass is 239 g/mol. The van der Waals surface area contributed by atoms with Gasteiger partial charge in [-0.3, -0.25) is 0 Å². The molecule has 4 heteroatoms. The Balaban J connectivity index is 2.11. The van der Waals surface area contributed by atoms with Crippen molar-refractivity contribution in [2.75, 3.05) is 13.1 Å². The Labute approximate surface area is 104 Å². The average Bonchev–Trinajstić information content (AvgIpc) is 2.56. The number of rotatable bonds is 2. The van der Waals surface area contributed by atoms with Crippen molar-refractivity contribution in [3.05, 3.63) is 0 Å². The van der Waals surface area contributed by atoms with E-state index in [0.717, 1.165) is 25.9 Å². The number of urea groups is 1. The van der Waals surface area contributed by atoms with Crippen molar-refractivity contribution in [3.63, 3.8) is 0 Å². The Hall–Kier alpha value is -0.770. The van der Waals surface area contributed by atoms with E-state index in [-0.39, 0.29) is 11.6 Å². The van der Waals surface area contributed by atoms with Gasteiger partial charge in [0.25, 0.3) is 0 Å². The van der Waals surface area contributed by atoms with E-state index in [1.165, 1.54) is 38.5 Å². The first-order chi connectivity index (χ1) is 8.23. The van der Waals surface area contributed by atoms with Crippen molar-refractivity contribution < 1.29 is 4.79 Å². The third-order valence-electron chi connectivity index (χ3n) is 4.49. The lowest BCUT2D eigenvalue weighted by Gasteiger charge is -2.43. The summed E-state index contributed by atoms with van der Waals surface area (Å²) in [6.45, 7) is 2.15. The molecule has 1 saturated carbocycles. The molecule has 1 saturated heterocycles. The number of piperidine rings is 1. The Kier molecular flexibility index (Phi) is 4.26. The fourth-order valence-electron chi connectivity index (χ4n) is 3.61. The van der Waals surface area contributed by atoms with Crippen LogP contribution in [0.4, 0.5) is 4.79 Å². The SMILES string of the molecule is NC(=O)NC1(C2CCNCC2)CCCCCC1. The summed E-state index contributed by atoms with van der Waals surface area (Å²) in [6.07, 6.45) is 9.61. The van der Waals surface area contributed by atoms with E-state index in [2.05, 4.69) is 10.6 Å². The number of hydrogen-bond donors (Lipinski definition) is 3. The second-order valence-electron chi connectivity index (χ2n) is 5.58. The maximum Gasteiger partial charge on any atom is 0.312 e. The van der Waals surface area contributed by atoms with Crippen LogP contribution in [-0.4, -0.2) is 24.7 Å². The highest BCUT2D eigenvalue weighted by molar-refractivity contribution is 5.72. The first-order valence-corrected chi connectivity index (χ1v) is 7.01. The number of nitrogens with one attached hydrogen (secondary N) is 2. The second-order valence-corrected chi connectivity index (χ2v) is 5.58. The number of hydrogen-bond acceptors (Lipinski definition) is 2. The quantitative estimate of drug-likeness (QED) is 0.643. The van der Waals surface area contributed by atoms with Crippen LogP contribution in [0.25, 0.3) is 0 Å². The highest BCUT2D eigenvalue weighted by atomic mass is 16.2. The molecule has 0 aromatic carbocycles. The van der Waals surface area contributed by atoms with Crippen LogP contribution in [0.15, 0.2) is 0 Å². The summed E-state index contributed by atoms with van der Waals surface area (Å²) >= 11 is 0. The maximum atomic E-state index is 11.3. The Bertz CT molecular complexity index is 253. The zero-order valence-electron chi connectivity index (χ0n) is 10.6. The summed E-state index contributed by atoms with van der Waals surface area (Å²) in [5, 5.41) is 6.51. The molecule has 2 aliphatic rings. The molecule has 2 fully saturated rings. The molecule has 2 rings (SSSR count). The topological polar surface area (TPSA) is 67.2 Å². The van der Waals surface area contributed by atoms with Crippen LogP contribution < -0.4 is 16.4 Å². The molecule has 0 radical (unpaired) electrons. The molecule has 0 aromatic rings. The summed E-state index contributed by atoms with van der Waals surface area (Å²) in [5.41, 5.74) is 5.39. The van der Waals surface area contributed by atoms with Crippen molar-refractivity contribution in [1.82, 2.24) is 10.6 Å². The molecule has 2 amide bonds. The summed E-state index contributed by atoms with van der Waals surface area (Å²) in [5.74, 6) is 0.606. The van der Waals surface area contributed by atoms with Gasteiger partial charge < -0.3 is 16.4 Å². The summed E-state index contributed by atoms with van der Waals surface area (Å²) in [4.78, 5) is 11.3. The Morgan fingerprint density at radius 1 is 1.12 bits per heavy atom. The van der Waals surface area contributed by atoms with Crippen molar-refractivity contribution in [3.8, 4) is 0 Å². The first kappa shape index (κ1) is 12.7. The van der Waals surface area contributed by atoms with Gasteiger partial charge in [0.05, 0.1) is 0 Å². The number of nitrogens with two attached hydrogens (primary N) is 1. The third-order valence-corrected chi connectivity index (χ3v) is 4.49. The maximum absolute atomic E-state index is 11.3. The van der Waals surface area contributed by atoms with Gasteiger partial charge in [0.15, 0.2) is 0 Å². The minimum Gasteiger partial charge on any atom is -0.352 e. The normalized spacial score (nSPS) is 26.1. The standard InChI is InChI=1S/C13H25N3O/c14-12(17)16-13(7-3-1-2-4-8-13)11-5-9-15-10-6-11/h11,15H,1-10H2,(H3,14,16,17). The zero-order chi connectivity index (χ0) is 12.1. The van der Waals surface area contributed by atoms with Crippen LogP contribution in [0, 0.1) is 5.92 Å². The van der Waals surface area contributed by atoms with Gasteiger partial charge >= 0.3 is 6.03 Å². The highest BCUT2D eigenvalue weighted by Gasteiger charge is 2.39. The predicted octanol–water partition coefficient (Wildman–Crippen LogP) is 1.75. The first-order valence-electron chi connectivity index (χ1n) is 7.01. The second kappa shape index (κ2) is 5.71. The molecule has 0 unspecified atom stereocenters. The van der Waals surface area contributed by atoms with Gasteiger partial charge in [-0.2, -0.15) is 0 Å². The van der Waals surface area contributed by atoms with Crippen LogP contribution in [0.1, 0.15) is 51.4 Å². The third kappa shape index (κ3) is 3.12. The molecule has 0 aromatic heterocycles. The number of carbonyl (C=O) groups excluding carboxylic acids is 1. The lowest BCUT2D eigenvalue weighted by molar-refractivity contribution is 0.150. The number of carbonyl (C=O) groups is 1. The van der Waals surface area contributed by atoms with Gasteiger partial charge in [-0.25, -0.2) is 4.79 Å². The molecule has 17 heavy (non-hydrogen) atoms. The van der Waals surface area contributed by atoms with Crippen molar-refractivity contribution in [2.45, 2.75) is 56.9 Å². The summed E-state index contributed by atoms with van der Waals surface area (Å²) in [7, 11) is 0. The molecule has 98 valence electrons. The van der Waals surface area contributed by atoms with Crippen LogP contribution in [0.2, 0.25) is 0 Å². The molecule has 0 bridgehead atoms. The smallest absolute Gasteiger partial charge is 0.312 e. The molecule has 0 atom stereocenters. The van der Waals surface area contributed by atoms with Crippen LogP contribution in [0.3, 0.4) is 0 Å². The largest absolute Gasteiger partial charge is 0.352 e. The van der Waals surface area contributed by atoms with Crippen molar-refractivity contribution in [1.29, 1.82) is 0 Å². The van der Waals surface area contributed by atoms with Gasteiger partial charge in [0, 0.05) is 5.54 Å². The molecule has 4 nitrogen and oxygen atoms in total. The molecule has 0 spiro atoms. The molecule has 4 N–H and O–H groups in total. The number of primary amides is 1. The fourth-order valence-corrected chi connectivity index (χ4v) is 3.61. The van der Waals surface area contributed by atoms with E-state index in [0.29, 0.717) is 5.92 Å².